The summed E-state index contributed by atoms with van der Waals surface area (Å²) in [6.45, 7) is 1.35. The van der Waals surface area contributed by atoms with Crippen LogP contribution in [0.2, 0.25) is 0 Å². The fraction of sp³-hybridized carbons (Fsp3) is 0.300. The third kappa shape index (κ3) is 2.88. The first-order valence-corrected chi connectivity index (χ1v) is 4.29. The molecule has 3 nitrogen and oxygen atoms in total. The number of hydrogen-bond donors (Lipinski definition) is 0. The SMILES string of the molecule is COC(=O)c1cccc(OC(F)(F)F)c1C. The molecular weight excluding hydrogens is 225 g/mol. The van der Waals surface area contributed by atoms with Crippen molar-refractivity contribution >= 4 is 5.97 Å². The first-order chi connectivity index (χ1) is 7.35. The molecule has 0 aromatic heterocycles. The standard InChI is InChI=1S/C10H9F3O3/c1-6-7(9(14)15-2)4-3-5-8(6)16-10(11,12)13/h3-5H,1-2H3. The topological polar surface area (TPSA) is 35.5 Å². The molecule has 1 aromatic rings. The summed E-state index contributed by atoms with van der Waals surface area (Å²) in [5.74, 6) is -1.11. The summed E-state index contributed by atoms with van der Waals surface area (Å²) >= 11 is 0. The van der Waals surface area contributed by atoms with Crippen LogP contribution in [-0.2, 0) is 4.74 Å². The van der Waals surface area contributed by atoms with Gasteiger partial charge in [-0.25, -0.2) is 4.79 Å². The van der Waals surface area contributed by atoms with Gasteiger partial charge < -0.3 is 9.47 Å². The predicted octanol–water partition coefficient (Wildman–Crippen LogP) is 2.68. The Balaban J connectivity index is 3.09. The molecule has 0 saturated heterocycles. The minimum Gasteiger partial charge on any atom is -0.465 e. The van der Waals surface area contributed by atoms with E-state index in [1.54, 1.807) is 0 Å². The minimum atomic E-state index is -4.78. The van der Waals surface area contributed by atoms with Gasteiger partial charge in [-0.05, 0) is 19.1 Å². The van der Waals surface area contributed by atoms with Crippen LogP contribution in [-0.4, -0.2) is 19.4 Å². The minimum absolute atomic E-state index is 0.0456. The van der Waals surface area contributed by atoms with Crippen molar-refractivity contribution in [2.45, 2.75) is 13.3 Å². The molecular formula is C10H9F3O3. The van der Waals surface area contributed by atoms with Crippen LogP contribution in [0, 0.1) is 6.92 Å². The van der Waals surface area contributed by atoms with E-state index in [1.165, 1.54) is 19.1 Å². The molecule has 0 atom stereocenters. The highest BCUT2D eigenvalue weighted by molar-refractivity contribution is 5.91. The molecule has 0 heterocycles. The lowest BCUT2D eigenvalue weighted by atomic mass is 10.1. The number of methoxy groups -OCH3 is 1. The van der Waals surface area contributed by atoms with E-state index in [-0.39, 0.29) is 11.1 Å². The van der Waals surface area contributed by atoms with E-state index in [0.29, 0.717) is 0 Å². The van der Waals surface area contributed by atoms with E-state index in [0.717, 1.165) is 13.2 Å². The third-order valence-corrected chi connectivity index (χ3v) is 1.92. The van der Waals surface area contributed by atoms with Crippen LogP contribution in [0.4, 0.5) is 13.2 Å². The molecule has 0 aliphatic rings. The Kier molecular flexibility index (Phi) is 3.41. The highest BCUT2D eigenvalue weighted by atomic mass is 19.4. The Morgan fingerprint density at radius 1 is 1.31 bits per heavy atom. The molecule has 0 spiro atoms. The second kappa shape index (κ2) is 4.42. The Morgan fingerprint density at radius 2 is 1.94 bits per heavy atom. The monoisotopic (exact) mass is 234 g/mol. The zero-order chi connectivity index (χ0) is 12.3. The van der Waals surface area contributed by atoms with Crippen LogP contribution in [0.15, 0.2) is 18.2 Å². The Morgan fingerprint density at radius 3 is 2.44 bits per heavy atom. The van der Waals surface area contributed by atoms with Crippen molar-refractivity contribution in [1.29, 1.82) is 0 Å². The summed E-state index contributed by atoms with van der Waals surface area (Å²) in [6, 6.07) is 3.79. The maximum atomic E-state index is 12.0. The van der Waals surface area contributed by atoms with Crippen LogP contribution in [0.1, 0.15) is 15.9 Å². The van der Waals surface area contributed by atoms with E-state index in [2.05, 4.69) is 9.47 Å². The van der Waals surface area contributed by atoms with Crippen molar-refractivity contribution in [3.05, 3.63) is 29.3 Å². The maximum Gasteiger partial charge on any atom is 0.573 e. The molecule has 16 heavy (non-hydrogen) atoms. The Bertz CT molecular complexity index is 399. The number of carbonyl (C=O) groups excluding carboxylic acids is 1. The average molecular weight is 234 g/mol. The molecule has 0 aliphatic heterocycles. The summed E-state index contributed by atoms with van der Waals surface area (Å²) in [6.07, 6.45) is -4.78. The average Bonchev–Trinajstić information content (AvgIpc) is 2.18. The number of halogens is 3. The zero-order valence-electron chi connectivity index (χ0n) is 8.59. The highest BCUT2D eigenvalue weighted by Gasteiger charge is 2.32. The number of hydrogen-bond acceptors (Lipinski definition) is 3. The molecule has 1 rings (SSSR count). The van der Waals surface area contributed by atoms with E-state index < -0.39 is 18.1 Å². The van der Waals surface area contributed by atoms with Crippen molar-refractivity contribution in [3.8, 4) is 5.75 Å². The smallest absolute Gasteiger partial charge is 0.465 e. The molecule has 1 aromatic carbocycles. The lowest BCUT2D eigenvalue weighted by molar-refractivity contribution is -0.274. The van der Waals surface area contributed by atoms with Crippen LogP contribution in [0.3, 0.4) is 0 Å². The maximum absolute atomic E-state index is 12.0. The van der Waals surface area contributed by atoms with E-state index in [9.17, 15) is 18.0 Å². The Hall–Kier alpha value is -1.72. The molecule has 0 saturated carbocycles. The number of alkyl halides is 3. The van der Waals surface area contributed by atoms with Gasteiger partial charge >= 0.3 is 12.3 Å². The first-order valence-electron chi connectivity index (χ1n) is 4.29. The van der Waals surface area contributed by atoms with Crippen molar-refractivity contribution in [3.63, 3.8) is 0 Å². The molecule has 6 heteroatoms. The van der Waals surface area contributed by atoms with Crippen LogP contribution >= 0.6 is 0 Å². The van der Waals surface area contributed by atoms with Gasteiger partial charge in [0.2, 0.25) is 0 Å². The van der Waals surface area contributed by atoms with Crippen molar-refractivity contribution in [2.75, 3.05) is 7.11 Å². The lowest BCUT2D eigenvalue weighted by Crippen LogP contribution is -2.18. The predicted molar refractivity (Wildman–Crippen MR) is 49.2 cm³/mol. The van der Waals surface area contributed by atoms with E-state index in [4.69, 9.17) is 0 Å². The molecule has 0 bridgehead atoms. The Labute approximate surface area is 89.8 Å². The van der Waals surface area contributed by atoms with Gasteiger partial charge in [-0.1, -0.05) is 6.07 Å². The molecule has 0 aliphatic carbocycles. The molecule has 0 amide bonds. The second-order valence-electron chi connectivity index (χ2n) is 2.97. The van der Waals surface area contributed by atoms with Gasteiger partial charge in [0.05, 0.1) is 12.7 Å². The van der Waals surface area contributed by atoms with Gasteiger partial charge in [-0.2, -0.15) is 0 Å². The fourth-order valence-corrected chi connectivity index (χ4v) is 1.18. The molecule has 88 valence electrons. The number of rotatable bonds is 2. The molecule has 0 radical (unpaired) electrons. The third-order valence-electron chi connectivity index (χ3n) is 1.92. The number of ether oxygens (including phenoxy) is 2. The van der Waals surface area contributed by atoms with Crippen molar-refractivity contribution < 1.29 is 27.4 Å². The van der Waals surface area contributed by atoms with Gasteiger partial charge in [0, 0.05) is 5.56 Å². The highest BCUT2D eigenvalue weighted by Crippen LogP contribution is 2.28. The molecule has 0 unspecified atom stereocenters. The molecule has 0 fully saturated rings. The molecule has 0 N–H and O–H groups in total. The van der Waals surface area contributed by atoms with Gasteiger partial charge in [-0.3, -0.25) is 0 Å². The van der Waals surface area contributed by atoms with Gasteiger partial charge in [-0.15, -0.1) is 13.2 Å². The number of benzene rings is 1. The van der Waals surface area contributed by atoms with E-state index in [1.807, 2.05) is 0 Å². The van der Waals surface area contributed by atoms with Gasteiger partial charge in [0.25, 0.3) is 0 Å². The van der Waals surface area contributed by atoms with Crippen LogP contribution in [0.5, 0.6) is 5.75 Å². The van der Waals surface area contributed by atoms with Crippen LogP contribution in [0.25, 0.3) is 0 Å². The van der Waals surface area contributed by atoms with E-state index >= 15 is 0 Å². The fourth-order valence-electron chi connectivity index (χ4n) is 1.18. The van der Waals surface area contributed by atoms with Crippen LogP contribution < -0.4 is 4.74 Å². The normalized spacial score (nSPS) is 11.1. The lowest BCUT2D eigenvalue weighted by Gasteiger charge is -2.12. The first kappa shape index (κ1) is 12.4. The van der Waals surface area contributed by atoms with Gasteiger partial charge in [0.1, 0.15) is 5.75 Å². The van der Waals surface area contributed by atoms with Crippen molar-refractivity contribution in [2.24, 2.45) is 0 Å². The zero-order valence-corrected chi connectivity index (χ0v) is 8.59. The summed E-state index contributed by atoms with van der Waals surface area (Å²) in [4.78, 5) is 11.2. The second-order valence-corrected chi connectivity index (χ2v) is 2.97. The van der Waals surface area contributed by atoms with Gasteiger partial charge in [0.15, 0.2) is 0 Å². The van der Waals surface area contributed by atoms with Crippen molar-refractivity contribution in [1.82, 2.24) is 0 Å². The largest absolute Gasteiger partial charge is 0.573 e. The summed E-state index contributed by atoms with van der Waals surface area (Å²) < 4.78 is 44.2. The summed E-state index contributed by atoms with van der Waals surface area (Å²) in [5, 5.41) is 0. The number of carbonyl (C=O) groups is 1. The number of esters is 1. The quantitative estimate of drug-likeness (QED) is 0.738. The summed E-state index contributed by atoms with van der Waals surface area (Å²) in [5.41, 5.74) is 0.135. The summed E-state index contributed by atoms with van der Waals surface area (Å²) in [7, 11) is 1.15.